The summed E-state index contributed by atoms with van der Waals surface area (Å²) in [5, 5.41) is 36.0. The molecule has 1 aromatic carbocycles. The maximum atomic E-state index is 12.2. The van der Waals surface area contributed by atoms with E-state index in [-0.39, 0.29) is 29.3 Å². The van der Waals surface area contributed by atoms with Gasteiger partial charge < -0.3 is 20.5 Å². The zero-order chi connectivity index (χ0) is 34.8. The lowest BCUT2D eigenvalue weighted by Gasteiger charge is -2.08. The van der Waals surface area contributed by atoms with Crippen LogP contribution < -0.4 is 16.0 Å². The third-order valence-electron chi connectivity index (χ3n) is 6.49. The van der Waals surface area contributed by atoms with Crippen molar-refractivity contribution in [2.45, 2.75) is 26.4 Å². The van der Waals surface area contributed by atoms with Gasteiger partial charge in [0.15, 0.2) is 16.1 Å². The van der Waals surface area contributed by atoms with Gasteiger partial charge in [0.2, 0.25) is 0 Å². The van der Waals surface area contributed by atoms with Crippen LogP contribution in [0.15, 0.2) is 49.4 Å². The molecule has 0 saturated carbocycles. The number of thiazole rings is 1. The van der Waals surface area contributed by atoms with Gasteiger partial charge in [0.1, 0.15) is 47.3 Å². The molecule has 17 nitrogen and oxygen atoms in total. The first-order chi connectivity index (χ1) is 23.8. The van der Waals surface area contributed by atoms with E-state index in [1.165, 1.54) is 47.0 Å². The zero-order valence-electron chi connectivity index (χ0n) is 25.7. The lowest BCUT2D eigenvalue weighted by Crippen LogP contribution is -2.19. The second kappa shape index (κ2) is 16.6. The number of aromatic nitrogens is 9. The van der Waals surface area contributed by atoms with Crippen molar-refractivity contribution in [2.24, 2.45) is 0 Å². The van der Waals surface area contributed by atoms with Crippen molar-refractivity contribution in [2.75, 3.05) is 35.7 Å². The number of hydrogen-bond acceptors (Lipinski definition) is 14. The summed E-state index contributed by atoms with van der Waals surface area (Å²) < 4.78 is 7.91. The van der Waals surface area contributed by atoms with Gasteiger partial charge in [-0.05, 0) is 25.1 Å². The molecule has 0 bridgehead atoms. The van der Waals surface area contributed by atoms with E-state index in [9.17, 15) is 14.7 Å². The van der Waals surface area contributed by atoms with Crippen molar-refractivity contribution >= 4 is 85.2 Å². The summed E-state index contributed by atoms with van der Waals surface area (Å²) in [6, 6.07) is 6.15. The maximum Gasteiger partial charge on any atom is 0.327 e. The van der Waals surface area contributed by atoms with Crippen LogP contribution in [0.2, 0.25) is 10.2 Å². The molecule has 5 heterocycles. The first kappa shape index (κ1) is 34.8. The van der Waals surface area contributed by atoms with E-state index in [0.29, 0.717) is 64.9 Å². The first-order valence-electron chi connectivity index (χ1n) is 14.5. The van der Waals surface area contributed by atoms with Crippen LogP contribution in [0.5, 0.6) is 0 Å². The summed E-state index contributed by atoms with van der Waals surface area (Å²) in [5.74, 6) is 0.265. The molecule has 49 heavy (non-hydrogen) atoms. The van der Waals surface area contributed by atoms with Crippen molar-refractivity contribution < 1.29 is 19.4 Å². The fourth-order valence-electron chi connectivity index (χ4n) is 4.38. The quantitative estimate of drug-likeness (QED) is 0.109. The second-order valence-electron chi connectivity index (χ2n) is 9.75. The van der Waals surface area contributed by atoms with Crippen molar-refractivity contribution in [1.82, 2.24) is 44.5 Å². The Labute approximate surface area is 291 Å². The molecule has 0 unspecified atom stereocenters. The molecule has 20 heteroatoms. The molecule has 252 valence electrons. The number of fused-ring (bicyclic) bond motifs is 2. The van der Waals surface area contributed by atoms with Crippen LogP contribution in [-0.4, -0.2) is 81.3 Å². The van der Waals surface area contributed by atoms with Gasteiger partial charge in [0, 0.05) is 29.7 Å². The number of nitriles is 1. The maximum absolute atomic E-state index is 12.2. The Hall–Kier alpha value is -5.48. The summed E-state index contributed by atoms with van der Waals surface area (Å²) in [4.78, 5) is 45.0. The van der Waals surface area contributed by atoms with E-state index in [1.807, 2.05) is 6.07 Å². The van der Waals surface area contributed by atoms with Gasteiger partial charge in [-0.2, -0.15) is 15.5 Å². The van der Waals surface area contributed by atoms with Crippen LogP contribution in [0, 0.1) is 11.3 Å². The highest BCUT2D eigenvalue weighted by molar-refractivity contribution is 7.15. The monoisotopic (exact) mass is 723 g/mol. The van der Waals surface area contributed by atoms with Crippen LogP contribution in [0.25, 0.3) is 22.1 Å². The minimum atomic E-state index is -0.463. The van der Waals surface area contributed by atoms with E-state index in [0.717, 1.165) is 10.4 Å². The minimum absolute atomic E-state index is 0.00440. The average Bonchev–Trinajstić information content (AvgIpc) is 3.82. The molecule has 0 saturated heterocycles. The molecule has 0 atom stereocenters. The summed E-state index contributed by atoms with van der Waals surface area (Å²) in [7, 11) is 0. The van der Waals surface area contributed by atoms with Gasteiger partial charge in [-0.3, -0.25) is 14.8 Å². The Bertz CT molecular complexity index is 2130. The molecular formula is C29H27Cl2N13O4S. The number of benzene rings is 1. The summed E-state index contributed by atoms with van der Waals surface area (Å²) >= 11 is 13.2. The predicted octanol–water partition coefficient (Wildman–Crippen LogP) is 4.14. The van der Waals surface area contributed by atoms with Crippen LogP contribution in [0.1, 0.15) is 17.4 Å². The number of ether oxygens (including phenoxy) is 1. The third-order valence-corrected chi connectivity index (χ3v) is 8.05. The number of urea groups is 1. The second-order valence-corrected chi connectivity index (χ2v) is 11.6. The molecule has 0 fully saturated rings. The van der Waals surface area contributed by atoms with Crippen molar-refractivity contribution in [1.29, 1.82) is 5.26 Å². The highest BCUT2D eigenvalue weighted by Crippen LogP contribution is 2.23. The lowest BCUT2D eigenvalue weighted by molar-refractivity contribution is -0.143. The molecule has 0 aliphatic heterocycles. The molecule has 6 rings (SSSR count). The summed E-state index contributed by atoms with van der Waals surface area (Å²) in [5.41, 5.74) is 3.37. The number of carbonyl (C=O) groups excluding carboxylic acids is 2. The lowest BCUT2D eigenvalue weighted by atomic mass is 10.2. The molecular weight excluding hydrogens is 697 g/mol. The third kappa shape index (κ3) is 8.91. The molecule has 6 aromatic rings. The molecule has 0 aliphatic carbocycles. The van der Waals surface area contributed by atoms with Crippen LogP contribution in [0.4, 0.5) is 21.4 Å². The number of esters is 1. The number of anilines is 3. The Morgan fingerprint density at radius 2 is 1.76 bits per heavy atom. The Morgan fingerprint density at radius 3 is 2.49 bits per heavy atom. The fraction of sp³-hybridized carbons (Fsp3) is 0.241. The van der Waals surface area contributed by atoms with Crippen molar-refractivity contribution in [3.05, 3.63) is 70.1 Å². The molecule has 0 spiro atoms. The van der Waals surface area contributed by atoms with Gasteiger partial charge in [-0.15, -0.1) is 11.3 Å². The number of aliphatic hydroxyl groups excluding tert-OH is 1. The molecule has 5 aromatic heterocycles. The number of nitrogens with one attached hydrogen (secondary N) is 3. The molecule has 4 N–H and O–H groups in total. The van der Waals surface area contributed by atoms with E-state index in [2.05, 4.69) is 51.1 Å². The highest BCUT2D eigenvalue weighted by Gasteiger charge is 2.13. The standard InChI is InChI=1S/C20H18ClN9O2S.C9H9ClN4O2/c21-15-7-13(2-1-12(15)8-22)28-19(32)29-20-24-9-14(33-20)3-4-23-18-17-16(25-11-26-18)10-27-30(17)5-6-31;1-2-16-7(15)4-14-8-6(3-13-14)11-5-12-9(8)10/h1-2,7,9-11,31H,3-6H2,(H,23,25,26)(H2,24,28,29,32);3,5H,2,4H2,1H3. The van der Waals surface area contributed by atoms with Gasteiger partial charge in [-0.1, -0.05) is 23.2 Å². The molecule has 0 radical (unpaired) electrons. The minimum Gasteiger partial charge on any atom is -0.465 e. The Balaban J connectivity index is 0.000000244. The van der Waals surface area contributed by atoms with Crippen molar-refractivity contribution in [3.8, 4) is 6.07 Å². The number of carbonyl (C=O) groups is 2. The molecule has 2 amide bonds. The van der Waals surface area contributed by atoms with E-state index >= 15 is 0 Å². The van der Waals surface area contributed by atoms with E-state index in [1.54, 1.807) is 30.1 Å². The Kier molecular flexibility index (Phi) is 11.8. The first-order valence-corrected chi connectivity index (χ1v) is 16.1. The van der Waals surface area contributed by atoms with E-state index in [4.69, 9.17) is 33.2 Å². The van der Waals surface area contributed by atoms with Gasteiger partial charge >= 0.3 is 12.0 Å². The topological polar surface area (TPSA) is 224 Å². The largest absolute Gasteiger partial charge is 0.465 e. The molecule has 0 aliphatic rings. The average molecular weight is 725 g/mol. The van der Waals surface area contributed by atoms with Gasteiger partial charge in [-0.25, -0.2) is 34.4 Å². The Morgan fingerprint density at radius 1 is 1.00 bits per heavy atom. The summed E-state index contributed by atoms with van der Waals surface area (Å²) in [6.07, 6.45) is 8.33. The smallest absolute Gasteiger partial charge is 0.327 e. The number of nitrogens with zero attached hydrogens (tertiary/aromatic N) is 10. The number of amides is 2. The number of hydrogen-bond donors (Lipinski definition) is 4. The SMILES string of the molecule is CCOC(=O)Cn1ncc2ncnc(Cl)c21.N#Cc1ccc(NC(=O)Nc2ncc(CCNc3ncnc4cnn(CCO)c34)s2)cc1Cl. The van der Waals surface area contributed by atoms with Gasteiger partial charge in [0.05, 0.1) is 42.7 Å². The normalized spacial score (nSPS) is 10.7. The van der Waals surface area contributed by atoms with Crippen LogP contribution in [0.3, 0.4) is 0 Å². The highest BCUT2D eigenvalue weighted by atomic mass is 35.5. The zero-order valence-corrected chi connectivity index (χ0v) is 28.0. The number of rotatable bonds is 11. The number of halogens is 2. The number of aliphatic hydroxyl groups is 1. The predicted molar refractivity (Wildman–Crippen MR) is 182 cm³/mol. The van der Waals surface area contributed by atoms with Gasteiger partial charge in [0.25, 0.3) is 0 Å². The fourth-order valence-corrected chi connectivity index (χ4v) is 5.65. The van der Waals surface area contributed by atoms with Crippen molar-refractivity contribution in [3.63, 3.8) is 0 Å². The van der Waals surface area contributed by atoms with E-state index < -0.39 is 6.03 Å². The van der Waals surface area contributed by atoms with Crippen LogP contribution >= 0.6 is 34.5 Å². The van der Waals surface area contributed by atoms with Crippen LogP contribution in [-0.2, 0) is 29.0 Å². The summed E-state index contributed by atoms with van der Waals surface area (Å²) in [6.45, 7) is 2.98.